The lowest BCUT2D eigenvalue weighted by Crippen LogP contribution is -2.38. The van der Waals surface area contributed by atoms with Gasteiger partial charge in [0.2, 0.25) is 0 Å². The van der Waals surface area contributed by atoms with E-state index in [-0.39, 0.29) is 12.0 Å². The smallest absolute Gasteiger partial charge is 0.307 e. The van der Waals surface area contributed by atoms with Crippen LogP contribution in [0.3, 0.4) is 0 Å². The van der Waals surface area contributed by atoms with E-state index >= 15 is 0 Å². The average molecular weight is 275 g/mol. The Morgan fingerprint density at radius 3 is 2.75 bits per heavy atom. The number of carbonyl (C=O) groups is 1. The van der Waals surface area contributed by atoms with Crippen LogP contribution in [0.4, 0.5) is 11.4 Å². The molecular weight excluding hydrogens is 254 g/mol. The quantitative estimate of drug-likeness (QED) is 0.852. The van der Waals surface area contributed by atoms with E-state index in [9.17, 15) is 4.79 Å². The molecule has 2 aliphatic heterocycles. The third-order valence-corrected chi connectivity index (χ3v) is 4.47. The van der Waals surface area contributed by atoms with E-state index in [2.05, 4.69) is 47.4 Å². The number of fused-ring (bicyclic) bond motifs is 1. The number of carboxylic acid groups (broad SMARTS) is 1. The molecule has 0 bridgehead atoms. The Hall–Kier alpha value is -1.75. The molecule has 0 aromatic heterocycles. The zero-order valence-corrected chi connectivity index (χ0v) is 12.0. The third kappa shape index (κ3) is 2.12. The van der Waals surface area contributed by atoms with Gasteiger partial charge in [0, 0.05) is 39.8 Å². The van der Waals surface area contributed by atoms with Crippen molar-refractivity contribution in [3.05, 3.63) is 23.8 Å². The lowest BCUT2D eigenvalue weighted by molar-refractivity contribution is -0.141. The Bertz CT molecular complexity index is 532. The van der Waals surface area contributed by atoms with Crippen molar-refractivity contribution in [2.24, 2.45) is 5.92 Å². The Morgan fingerprint density at radius 1 is 1.30 bits per heavy atom. The molecule has 108 valence electrons. The lowest BCUT2D eigenvalue weighted by atomic mass is 9.96. The van der Waals surface area contributed by atoms with Gasteiger partial charge in [-0.1, -0.05) is 12.1 Å². The van der Waals surface area contributed by atoms with Crippen molar-refractivity contribution in [1.29, 1.82) is 0 Å². The van der Waals surface area contributed by atoms with Crippen LogP contribution >= 0.6 is 0 Å². The summed E-state index contributed by atoms with van der Waals surface area (Å²) >= 11 is 0. The normalized spacial score (nSPS) is 25.7. The molecule has 1 aromatic rings. The van der Waals surface area contributed by atoms with Gasteiger partial charge in [-0.2, -0.15) is 0 Å². The van der Waals surface area contributed by atoms with Crippen LogP contribution in [0.1, 0.15) is 18.0 Å². The first-order valence-electron chi connectivity index (χ1n) is 7.09. The van der Waals surface area contributed by atoms with Crippen LogP contribution in [0, 0.1) is 5.92 Å². The van der Waals surface area contributed by atoms with Crippen LogP contribution in [0.15, 0.2) is 18.2 Å². The van der Waals surface area contributed by atoms with Gasteiger partial charge in [0.15, 0.2) is 0 Å². The SMILES string of the molecule is CN1CCN(C)c2c(C3CC(C(=O)O)CN3)cccc21. The molecule has 5 heteroatoms. The number of nitrogens with one attached hydrogen (secondary N) is 1. The van der Waals surface area contributed by atoms with Crippen molar-refractivity contribution >= 4 is 17.3 Å². The maximum atomic E-state index is 11.1. The van der Waals surface area contributed by atoms with Gasteiger partial charge < -0.3 is 20.2 Å². The highest BCUT2D eigenvalue weighted by atomic mass is 16.4. The zero-order chi connectivity index (χ0) is 14.3. The van der Waals surface area contributed by atoms with E-state index in [0.29, 0.717) is 13.0 Å². The summed E-state index contributed by atoms with van der Waals surface area (Å²) in [4.78, 5) is 15.7. The molecule has 1 saturated heterocycles. The number of aliphatic carboxylic acids is 1. The van der Waals surface area contributed by atoms with Crippen molar-refractivity contribution in [3.63, 3.8) is 0 Å². The van der Waals surface area contributed by atoms with Crippen molar-refractivity contribution in [2.75, 3.05) is 43.5 Å². The number of anilines is 2. The van der Waals surface area contributed by atoms with Crippen LogP contribution < -0.4 is 15.1 Å². The van der Waals surface area contributed by atoms with E-state index in [4.69, 9.17) is 5.11 Å². The lowest BCUT2D eigenvalue weighted by Gasteiger charge is -2.37. The minimum Gasteiger partial charge on any atom is -0.481 e. The number of hydrogen-bond acceptors (Lipinski definition) is 4. The highest BCUT2D eigenvalue weighted by molar-refractivity contribution is 5.77. The fourth-order valence-electron chi connectivity index (χ4n) is 3.25. The zero-order valence-electron chi connectivity index (χ0n) is 12.0. The topological polar surface area (TPSA) is 55.8 Å². The molecule has 0 aliphatic carbocycles. The van der Waals surface area contributed by atoms with Gasteiger partial charge >= 0.3 is 5.97 Å². The monoisotopic (exact) mass is 275 g/mol. The number of likely N-dealkylation sites (N-methyl/N-ethyl adjacent to an activating group) is 2. The molecule has 2 heterocycles. The summed E-state index contributed by atoms with van der Waals surface area (Å²) in [5.41, 5.74) is 3.70. The standard InChI is InChI=1S/C15H21N3O2/c1-17-6-7-18(2)14-11(4-3-5-13(14)17)12-8-10(9-16-12)15(19)20/h3-5,10,12,16H,6-9H2,1-2H3,(H,19,20). The summed E-state index contributed by atoms with van der Waals surface area (Å²) in [6.07, 6.45) is 0.670. The van der Waals surface area contributed by atoms with Gasteiger partial charge in [0.1, 0.15) is 0 Å². The molecule has 1 fully saturated rings. The number of rotatable bonds is 2. The molecule has 1 aromatic carbocycles. The van der Waals surface area contributed by atoms with Crippen molar-refractivity contribution in [3.8, 4) is 0 Å². The van der Waals surface area contributed by atoms with E-state index in [1.807, 2.05) is 0 Å². The molecule has 2 N–H and O–H groups in total. The first kappa shape index (κ1) is 13.2. The fourth-order valence-corrected chi connectivity index (χ4v) is 3.25. The van der Waals surface area contributed by atoms with Crippen LogP contribution in [0.25, 0.3) is 0 Å². The van der Waals surface area contributed by atoms with Gasteiger partial charge in [0.25, 0.3) is 0 Å². The second-order valence-electron chi connectivity index (χ2n) is 5.79. The molecule has 3 rings (SSSR count). The van der Waals surface area contributed by atoms with Gasteiger partial charge in [-0.15, -0.1) is 0 Å². The number of nitrogens with zero attached hydrogens (tertiary/aromatic N) is 2. The largest absolute Gasteiger partial charge is 0.481 e. The molecule has 5 nitrogen and oxygen atoms in total. The van der Waals surface area contributed by atoms with Crippen LogP contribution in [0.2, 0.25) is 0 Å². The highest BCUT2D eigenvalue weighted by Gasteiger charge is 2.33. The maximum Gasteiger partial charge on any atom is 0.307 e. The average Bonchev–Trinajstić information content (AvgIpc) is 2.92. The summed E-state index contributed by atoms with van der Waals surface area (Å²) in [6.45, 7) is 2.57. The molecule has 0 radical (unpaired) electrons. The van der Waals surface area contributed by atoms with Gasteiger partial charge in [0.05, 0.1) is 17.3 Å². The Balaban J connectivity index is 1.95. The van der Waals surface area contributed by atoms with E-state index in [0.717, 1.165) is 13.1 Å². The molecular formula is C15H21N3O2. The van der Waals surface area contributed by atoms with E-state index < -0.39 is 5.97 Å². The summed E-state index contributed by atoms with van der Waals surface area (Å²) in [6, 6.07) is 6.47. The summed E-state index contributed by atoms with van der Waals surface area (Å²) < 4.78 is 0. The summed E-state index contributed by atoms with van der Waals surface area (Å²) in [7, 11) is 4.22. The first-order valence-corrected chi connectivity index (χ1v) is 7.09. The Kier molecular flexibility index (Phi) is 3.30. The third-order valence-electron chi connectivity index (χ3n) is 4.47. The van der Waals surface area contributed by atoms with Crippen LogP contribution in [-0.2, 0) is 4.79 Å². The molecule has 2 unspecified atom stereocenters. The van der Waals surface area contributed by atoms with E-state index in [1.165, 1.54) is 16.9 Å². The van der Waals surface area contributed by atoms with Crippen LogP contribution in [-0.4, -0.2) is 44.8 Å². The molecule has 0 amide bonds. The minimum absolute atomic E-state index is 0.139. The summed E-state index contributed by atoms with van der Waals surface area (Å²) in [5, 5.41) is 12.5. The number of carboxylic acids is 1. The number of para-hydroxylation sites is 1. The predicted octanol–water partition coefficient (Wildman–Crippen LogP) is 1.31. The van der Waals surface area contributed by atoms with Gasteiger partial charge in [-0.25, -0.2) is 0 Å². The van der Waals surface area contributed by atoms with Crippen molar-refractivity contribution in [2.45, 2.75) is 12.5 Å². The van der Waals surface area contributed by atoms with Gasteiger partial charge in [-0.3, -0.25) is 4.79 Å². The van der Waals surface area contributed by atoms with Gasteiger partial charge in [-0.05, 0) is 18.1 Å². The van der Waals surface area contributed by atoms with E-state index in [1.54, 1.807) is 0 Å². The summed E-state index contributed by atoms with van der Waals surface area (Å²) in [5.74, 6) is -0.974. The number of hydrogen-bond donors (Lipinski definition) is 2. The van der Waals surface area contributed by atoms with Crippen molar-refractivity contribution < 1.29 is 9.90 Å². The molecule has 2 atom stereocenters. The van der Waals surface area contributed by atoms with Crippen molar-refractivity contribution in [1.82, 2.24) is 5.32 Å². The minimum atomic E-state index is -0.699. The molecule has 2 aliphatic rings. The first-order chi connectivity index (χ1) is 9.58. The second kappa shape index (κ2) is 4.98. The number of benzene rings is 1. The maximum absolute atomic E-state index is 11.1. The Morgan fingerprint density at radius 2 is 2.05 bits per heavy atom. The highest BCUT2D eigenvalue weighted by Crippen LogP contribution is 2.40. The predicted molar refractivity (Wildman–Crippen MR) is 79.5 cm³/mol. The Labute approximate surface area is 119 Å². The molecule has 0 spiro atoms. The molecule has 0 saturated carbocycles. The second-order valence-corrected chi connectivity index (χ2v) is 5.79. The fraction of sp³-hybridized carbons (Fsp3) is 0.533. The molecule has 20 heavy (non-hydrogen) atoms. The van der Waals surface area contributed by atoms with Crippen LogP contribution in [0.5, 0.6) is 0 Å².